The minimum absolute atomic E-state index is 0.0856. The number of fused-ring (bicyclic) bond motifs is 27. The summed E-state index contributed by atoms with van der Waals surface area (Å²) < 4.78 is 28.6. The van der Waals surface area contributed by atoms with Crippen molar-refractivity contribution in [2.75, 3.05) is 0 Å². The van der Waals surface area contributed by atoms with Gasteiger partial charge in [0.25, 0.3) is 6.71 Å². The van der Waals surface area contributed by atoms with Gasteiger partial charge >= 0.3 is 0 Å². The molecule has 0 bridgehead atoms. The van der Waals surface area contributed by atoms with E-state index >= 15 is 0 Å². The van der Waals surface area contributed by atoms with Gasteiger partial charge in [-0.25, -0.2) is 0 Å². The van der Waals surface area contributed by atoms with Gasteiger partial charge in [-0.1, -0.05) is 265 Å². The number of benzene rings is 15. The lowest BCUT2D eigenvalue weighted by molar-refractivity contribution is 0.590. The predicted molar refractivity (Wildman–Crippen MR) is 485 cm³/mol. The van der Waals surface area contributed by atoms with E-state index in [-0.39, 0.29) is 21.7 Å². The van der Waals surface area contributed by atoms with Crippen molar-refractivity contribution in [3.63, 3.8) is 0 Å². The molecule has 0 fully saturated rings. The number of nitrogens with zero attached hydrogens (tertiary/aromatic N) is 5. The van der Waals surface area contributed by atoms with Gasteiger partial charge < -0.3 is 31.7 Å². The van der Waals surface area contributed by atoms with E-state index in [4.69, 9.17) is 8.83 Å². The molecule has 8 heteroatoms. The normalized spacial score (nSPS) is 13.1. The highest BCUT2D eigenvalue weighted by atomic mass is 16.3. The van der Waals surface area contributed by atoms with Crippen LogP contribution in [0, 0.1) is 0 Å². The number of rotatable bonds is 3. The van der Waals surface area contributed by atoms with Gasteiger partial charge in [-0.2, -0.15) is 0 Å². The van der Waals surface area contributed by atoms with Crippen LogP contribution in [0.5, 0.6) is 0 Å². The van der Waals surface area contributed by atoms with Crippen molar-refractivity contribution in [2.45, 2.75) is 105 Å². The molecule has 0 spiro atoms. The fourth-order valence-electron chi connectivity index (χ4n) is 19.4. The topological polar surface area (TPSA) is 50.9 Å². The summed E-state index contributed by atoms with van der Waals surface area (Å²) in [5.41, 5.74) is 27.5. The fraction of sp³-hybridized carbons (Fsp3) is 0.151. The van der Waals surface area contributed by atoms with Crippen LogP contribution in [0.4, 0.5) is 0 Å². The van der Waals surface area contributed by atoms with Crippen molar-refractivity contribution >= 4 is 176 Å². The van der Waals surface area contributed by atoms with E-state index in [9.17, 15) is 0 Å². The summed E-state index contributed by atoms with van der Waals surface area (Å²) in [6.07, 6.45) is 0. The van der Waals surface area contributed by atoms with Crippen molar-refractivity contribution in [3.05, 3.63) is 326 Å². The van der Waals surface area contributed by atoms with Crippen molar-refractivity contribution in [2.24, 2.45) is 0 Å². The fourth-order valence-corrected chi connectivity index (χ4v) is 19.4. The van der Waals surface area contributed by atoms with Gasteiger partial charge in [0.15, 0.2) is 0 Å². The molecule has 15 aromatic carbocycles. The number of para-hydroxylation sites is 8. The first-order valence-corrected chi connectivity index (χ1v) is 40.3. The first-order valence-electron chi connectivity index (χ1n) is 40.3. The van der Waals surface area contributed by atoms with Crippen LogP contribution in [-0.4, -0.2) is 29.5 Å². The molecule has 22 rings (SSSR count). The van der Waals surface area contributed by atoms with E-state index in [1.807, 2.05) is 0 Å². The molecule has 0 saturated heterocycles. The van der Waals surface area contributed by atoms with E-state index in [1.54, 1.807) is 0 Å². The Hall–Kier alpha value is -13.0. The summed E-state index contributed by atoms with van der Waals surface area (Å²) in [4.78, 5) is 0. The van der Waals surface area contributed by atoms with E-state index in [0.717, 1.165) is 165 Å². The lowest BCUT2D eigenvalue weighted by Gasteiger charge is -2.37. The van der Waals surface area contributed by atoms with Crippen LogP contribution in [0.1, 0.15) is 105 Å². The second-order valence-electron chi connectivity index (χ2n) is 36.0. The predicted octanol–water partition coefficient (Wildman–Crippen LogP) is 26.7. The third-order valence-electron chi connectivity index (χ3n) is 25.0. The second-order valence-corrected chi connectivity index (χ2v) is 36.0. The van der Waals surface area contributed by atoms with Crippen LogP contribution in [0.3, 0.4) is 0 Å². The van der Waals surface area contributed by atoms with Gasteiger partial charge in [0.05, 0.1) is 60.9 Å². The summed E-state index contributed by atoms with van der Waals surface area (Å²) >= 11 is 0. The zero-order valence-electron chi connectivity index (χ0n) is 66.5. The van der Waals surface area contributed by atoms with Crippen LogP contribution in [-0.2, 0) is 21.7 Å². The van der Waals surface area contributed by atoms with E-state index < -0.39 is 6.71 Å². The van der Waals surface area contributed by atoms with Gasteiger partial charge in [0.1, 0.15) is 22.3 Å². The van der Waals surface area contributed by atoms with Crippen molar-refractivity contribution in [1.82, 2.24) is 22.8 Å². The average molecular weight is 1470 g/mol. The molecule has 0 N–H and O–H groups in total. The molecular weight excluding hydrogens is 1390 g/mol. The Morgan fingerprint density at radius 3 is 0.816 bits per heavy atom. The van der Waals surface area contributed by atoms with Gasteiger partial charge in [0, 0.05) is 98.2 Å². The Bertz CT molecular complexity index is 7260. The Kier molecular flexibility index (Phi) is 14.4. The quantitative estimate of drug-likeness (QED) is 0.166. The van der Waals surface area contributed by atoms with Gasteiger partial charge in [-0.05, 0) is 182 Å². The number of hydrogen-bond donors (Lipinski definition) is 0. The van der Waals surface area contributed by atoms with Gasteiger partial charge in [0.2, 0.25) is 0 Å². The summed E-state index contributed by atoms with van der Waals surface area (Å²) in [6.45, 7) is 27.6. The highest BCUT2D eigenvalue weighted by molar-refractivity contribution is 7.00. The molecule has 114 heavy (non-hydrogen) atoms. The first kappa shape index (κ1) is 67.8. The standard InChI is InChI=1S/C106H86BN5O2/c1-103(2,3)63-45-53-87-77(57-63)78-58-64(104(4,5)6)46-54-88(78)108(87)67-49-51-81-91(61-67)111-85-39-23-15-31-71(85)73-33-17-25-41-93(73)113-95-43-27-19-35-75(95)97-100(110-83-37-21-13-29-69(83)70-30-14-22-38-84(70)110)98-76-36-20-28-44-96(76)114-94-42-26-18-34-74(94)72-32-16-24-40-86(72)112-92-62-68(50-52-82(92)107(81)99(101(97)111)102(98)112)109-89-55-47-65(105(7,8)9)59-79(89)80-60-66(106(10,11)12)48-56-90(80)109/h13-62H,1-12H3. The highest BCUT2D eigenvalue weighted by Crippen LogP contribution is 2.49. The molecule has 0 unspecified atom stereocenters. The zero-order valence-corrected chi connectivity index (χ0v) is 66.5. The Morgan fingerprint density at radius 2 is 0.491 bits per heavy atom. The molecular formula is C106H86BN5O2. The van der Waals surface area contributed by atoms with Gasteiger partial charge in [-0.15, -0.1) is 0 Å². The van der Waals surface area contributed by atoms with E-state index in [2.05, 4.69) is 409 Å². The largest absolute Gasteiger partial charge is 0.456 e. The zero-order chi connectivity index (χ0) is 77.3. The third-order valence-corrected chi connectivity index (χ3v) is 25.0. The van der Waals surface area contributed by atoms with Gasteiger partial charge in [-0.3, -0.25) is 0 Å². The van der Waals surface area contributed by atoms with Crippen molar-refractivity contribution in [1.29, 1.82) is 0 Å². The summed E-state index contributed by atoms with van der Waals surface area (Å²) in [5.74, 6) is 0. The summed E-state index contributed by atoms with van der Waals surface area (Å²) in [5, 5.41) is 15.2. The molecule has 20 aromatic rings. The number of hydrogen-bond acceptors (Lipinski definition) is 2. The van der Waals surface area contributed by atoms with Crippen LogP contribution in [0.25, 0.3) is 181 Å². The molecule has 0 radical (unpaired) electrons. The molecule has 7 heterocycles. The minimum Gasteiger partial charge on any atom is -0.456 e. The van der Waals surface area contributed by atoms with Crippen LogP contribution in [0.15, 0.2) is 312 Å². The third kappa shape index (κ3) is 9.95. The maximum Gasteiger partial charge on any atom is 0.252 e. The number of aromatic nitrogens is 5. The summed E-state index contributed by atoms with van der Waals surface area (Å²) in [6, 6.07) is 115. The SMILES string of the molecule is CC(C)(C)c1ccc2c(c1)c1cc(C(C)(C)C)ccc1n2-c1ccc2c(c1)-n1c3ccccc3c3ccccc3oc3ccccc3c3c(-n4c5ccccc5c5ccccc54)c4c5ccccc5oc5ccccc5c5ccccc5n5c4c(c31)B2c1ccc(-n2c3ccc(C(C)(C)C)cc3c3cc(C(C)(C)C)ccc32)cc1-5. The molecule has 5 aromatic heterocycles. The van der Waals surface area contributed by atoms with Crippen LogP contribution in [0.2, 0.25) is 0 Å². The van der Waals surface area contributed by atoms with E-state index in [0.29, 0.717) is 0 Å². The average Bonchev–Trinajstić information content (AvgIpc) is 0.821. The molecule has 2 aliphatic heterocycles. The Morgan fingerprint density at radius 1 is 0.228 bits per heavy atom. The molecule has 0 aliphatic carbocycles. The van der Waals surface area contributed by atoms with Crippen LogP contribution < -0.4 is 16.4 Å². The monoisotopic (exact) mass is 1470 g/mol. The van der Waals surface area contributed by atoms with Crippen molar-refractivity contribution < 1.29 is 8.83 Å². The second kappa shape index (κ2) is 24.2. The maximum absolute atomic E-state index is 7.77. The first-order chi connectivity index (χ1) is 55.1. The minimum atomic E-state index is -0.407. The Labute approximate surface area is 662 Å². The molecule has 7 nitrogen and oxygen atoms in total. The highest BCUT2D eigenvalue weighted by Gasteiger charge is 2.42. The maximum atomic E-state index is 7.77. The lowest BCUT2D eigenvalue weighted by atomic mass is 9.34. The molecule has 0 saturated carbocycles. The molecule has 2 aliphatic rings. The van der Waals surface area contributed by atoms with Crippen LogP contribution >= 0.6 is 0 Å². The lowest BCUT2D eigenvalue weighted by Crippen LogP contribution is -2.59. The smallest absolute Gasteiger partial charge is 0.252 e. The van der Waals surface area contributed by atoms with E-state index in [1.165, 1.54) is 54.7 Å². The molecule has 0 amide bonds. The molecule has 0 atom stereocenters. The summed E-state index contributed by atoms with van der Waals surface area (Å²) in [7, 11) is 0. The van der Waals surface area contributed by atoms with Crippen molar-refractivity contribution in [3.8, 4) is 28.4 Å². The molecule has 550 valence electrons. The Balaban J connectivity index is 1.05.